The largest absolute Gasteiger partial charge is 0.457 e. The molecule has 14 nitrogen and oxygen atoms in total. The number of esters is 1. The summed E-state index contributed by atoms with van der Waals surface area (Å²) in [6.45, 7) is 3.54. The Labute approximate surface area is 410 Å². The molecule has 2 aliphatic heterocycles. The zero-order valence-electron chi connectivity index (χ0n) is 42.1. The lowest BCUT2D eigenvalue weighted by atomic mass is 9.98. The molecule has 0 radical (unpaired) electrons. The maximum atomic E-state index is 13.0. The van der Waals surface area contributed by atoms with Gasteiger partial charge in [0.05, 0.1) is 26.4 Å². The van der Waals surface area contributed by atoms with Crippen molar-refractivity contribution in [2.75, 3.05) is 33.0 Å². The van der Waals surface area contributed by atoms with E-state index in [1.54, 1.807) is 0 Å². The van der Waals surface area contributed by atoms with Crippen LogP contribution in [0.15, 0.2) is 48.6 Å². The summed E-state index contributed by atoms with van der Waals surface area (Å²) in [6.07, 6.45) is 31.7. The predicted molar refractivity (Wildman–Crippen MR) is 266 cm³/mol. The number of carbonyl (C=O) groups is 1. The highest BCUT2D eigenvalue weighted by Gasteiger charge is 2.47. The number of unbranched alkanes of at least 4 members (excludes halogenated alkanes) is 20. The Morgan fingerprint density at radius 1 is 0.500 bits per heavy atom. The molecule has 2 aliphatic rings. The van der Waals surface area contributed by atoms with Gasteiger partial charge in [-0.05, 0) is 70.6 Å². The van der Waals surface area contributed by atoms with Gasteiger partial charge >= 0.3 is 5.97 Å². The van der Waals surface area contributed by atoms with E-state index in [4.69, 9.17) is 28.4 Å². The van der Waals surface area contributed by atoms with Crippen LogP contribution >= 0.6 is 0 Å². The number of aliphatic hydroxyl groups is 7. The van der Waals surface area contributed by atoms with Gasteiger partial charge in [0.25, 0.3) is 0 Å². The Bertz CT molecular complexity index is 1310. The minimum atomic E-state index is -1.71. The van der Waals surface area contributed by atoms with E-state index in [9.17, 15) is 40.5 Å². The number of aliphatic hydroxyl groups excluding tert-OH is 7. The zero-order valence-corrected chi connectivity index (χ0v) is 42.1. The lowest BCUT2D eigenvalue weighted by molar-refractivity contribution is -0.332. The highest BCUT2D eigenvalue weighted by molar-refractivity contribution is 5.69. The zero-order chi connectivity index (χ0) is 49.5. The van der Waals surface area contributed by atoms with E-state index in [-0.39, 0.29) is 25.6 Å². The fourth-order valence-corrected chi connectivity index (χ4v) is 8.24. The number of carbonyl (C=O) groups excluding carboxylic acids is 1. The van der Waals surface area contributed by atoms with Crippen LogP contribution in [0.5, 0.6) is 0 Å². The first-order valence-electron chi connectivity index (χ1n) is 26.7. The molecule has 14 heteroatoms. The van der Waals surface area contributed by atoms with E-state index in [1.807, 2.05) is 0 Å². The smallest absolute Gasteiger partial charge is 0.306 e. The molecule has 0 aromatic heterocycles. The Morgan fingerprint density at radius 3 is 1.51 bits per heavy atom. The van der Waals surface area contributed by atoms with Crippen molar-refractivity contribution in [2.45, 2.75) is 255 Å². The molecule has 0 bridgehead atoms. The molecule has 0 aromatic carbocycles. The van der Waals surface area contributed by atoms with E-state index in [0.717, 1.165) is 77.0 Å². The van der Waals surface area contributed by atoms with Gasteiger partial charge in [-0.25, -0.2) is 0 Å². The summed E-state index contributed by atoms with van der Waals surface area (Å²) in [5.74, 6) is -0.386. The normalized spacial score (nSPS) is 26.2. The summed E-state index contributed by atoms with van der Waals surface area (Å²) in [7, 11) is 0. The Balaban J connectivity index is 1.76. The molecule has 0 saturated carbocycles. The van der Waals surface area contributed by atoms with Crippen LogP contribution in [-0.2, 0) is 33.2 Å². The van der Waals surface area contributed by atoms with Gasteiger partial charge in [0.2, 0.25) is 0 Å². The van der Waals surface area contributed by atoms with Gasteiger partial charge in [0.1, 0.15) is 54.9 Å². The molecule has 0 amide bonds. The van der Waals surface area contributed by atoms with E-state index < -0.39 is 80.7 Å². The monoisotopic (exact) mass is 969 g/mol. The van der Waals surface area contributed by atoms with Crippen molar-refractivity contribution in [3.8, 4) is 0 Å². The summed E-state index contributed by atoms with van der Waals surface area (Å²) in [5.41, 5.74) is 0. The predicted octanol–water partition coefficient (Wildman–Crippen LogP) is 8.35. The molecule has 11 unspecified atom stereocenters. The van der Waals surface area contributed by atoms with Crippen LogP contribution in [0.4, 0.5) is 0 Å². The molecule has 11 atom stereocenters. The fraction of sp³-hybridized carbons (Fsp3) is 0.833. The van der Waals surface area contributed by atoms with Crippen LogP contribution in [0.3, 0.4) is 0 Å². The van der Waals surface area contributed by atoms with Crippen molar-refractivity contribution in [2.24, 2.45) is 0 Å². The molecule has 2 rings (SSSR count). The SMILES string of the molecule is CC/C=C\C/C=C\C/C=C\CCCCCCCCOCC(COC1OC(COC2OC(CO)C(O)C(O)C2O)C(O)C(O)C1O)OC(=O)CCCCCCCCC/C=C\CCCCCCCCC. The van der Waals surface area contributed by atoms with Crippen molar-refractivity contribution in [3.63, 3.8) is 0 Å². The van der Waals surface area contributed by atoms with Crippen LogP contribution in [-0.4, -0.2) is 142 Å². The maximum absolute atomic E-state index is 13.0. The standard InChI is InChI=1S/C54H96O14/c1-3-5-7-9-11-13-15-17-19-21-22-23-25-27-29-31-33-35-37-46(56)66-43(40-63-38-36-34-32-30-28-26-24-20-18-16-14-12-10-8-6-4-2)41-64-53-52(62)50(60)48(58)45(68-53)42-65-54-51(61)49(59)47(57)44(39-55)67-54/h6,8,12,14,18-21,43-45,47-55,57-62H,3-5,7,9-11,13,15-17,22-42H2,1-2H3/b8-6-,14-12-,20-18-,21-19-. The average molecular weight is 969 g/mol. The van der Waals surface area contributed by atoms with Gasteiger partial charge in [0.15, 0.2) is 12.6 Å². The first-order valence-corrected chi connectivity index (χ1v) is 26.7. The molecular weight excluding hydrogens is 873 g/mol. The van der Waals surface area contributed by atoms with Crippen molar-refractivity contribution >= 4 is 5.97 Å². The second-order valence-corrected chi connectivity index (χ2v) is 18.7. The molecule has 68 heavy (non-hydrogen) atoms. The lowest BCUT2D eigenvalue weighted by Crippen LogP contribution is -2.61. The van der Waals surface area contributed by atoms with Crippen LogP contribution in [0, 0.1) is 0 Å². The Morgan fingerprint density at radius 2 is 0.956 bits per heavy atom. The van der Waals surface area contributed by atoms with Gasteiger partial charge in [-0.1, -0.05) is 159 Å². The van der Waals surface area contributed by atoms with Gasteiger partial charge in [0, 0.05) is 13.0 Å². The quantitative estimate of drug-likeness (QED) is 0.0174. The third-order valence-electron chi connectivity index (χ3n) is 12.6. The summed E-state index contributed by atoms with van der Waals surface area (Å²) < 4.78 is 34.3. The first kappa shape index (κ1) is 62.1. The number of ether oxygens (including phenoxy) is 6. The molecule has 396 valence electrons. The second-order valence-electron chi connectivity index (χ2n) is 18.7. The third-order valence-corrected chi connectivity index (χ3v) is 12.6. The van der Waals surface area contributed by atoms with E-state index in [0.29, 0.717) is 13.0 Å². The number of hydrogen-bond acceptors (Lipinski definition) is 14. The third kappa shape index (κ3) is 28.7. The van der Waals surface area contributed by atoms with Gasteiger partial charge in [-0.15, -0.1) is 0 Å². The maximum Gasteiger partial charge on any atom is 0.306 e. The van der Waals surface area contributed by atoms with Crippen molar-refractivity contribution in [1.29, 1.82) is 0 Å². The number of rotatable bonds is 42. The van der Waals surface area contributed by atoms with Crippen molar-refractivity contribution < 1.29 is 69.0 Å². The summed E-state index contributed by atoms with van der Waals surface area (Å²) >= 11 is 0. The molecule has 0 spiro atoms. The average Bonchev–Trinajstić information content (AvgIpc) is 3.33. The van der Waals surface area contributed by atoms with E-state index in [2.05, 4.69) is 62.5 Å². The molecule has 0 aromatic rings. The van der Waals surface area contributed by atoms with Gasteiger partial charge in [-0.3, -0.25) is 4.79 Å². The highest BCUT2D eigenvalue weighted by Crippen LogP contribution is 2.26. The molecular formula is C54H96O14. The fourth-order valence-electron chi connectivity index (χ4n) is 8.24. The lowest BCUT2D eigenvalue weighted by Gasteiger charge is -2.42. The number of allylic oxidation sites excluding steroid dienone is 8. The Hall–Kier alpha value is -2.05. The summed E-state index contributed by atoms with van der Waals surface area (Å²) in [4.78, 5) is 13.0. The van der Waals surface area contributed by atoms with Crippen LogP contribution in [0.1, 0.15) is 187 Å². The first-order chi connectivity index (χ1) is 33.1. The van der Waals surface area contributed by atoms with E-state index >= 15 is 0 Å². The highest BCUT2D eigenvalue weighted by atomic mass is 16.7. The molecule has 2 fully saturated rings. The van der Waals surface area contributed by atoms with Gasteiger partial charge in [-0.2, -0.15) is 0 Å². The summed E-state index contributed by atoms with van der Waals surface area (Å²) in [6, 6.07) is 0. The molecule has 7 N–H and O–H groups in total. The molecule has 2 heterocycles. The molecule has 0 aliphatic carbocycles. The van der Waals surface area contributed by atoms with Crippen molar-refractivity contribution in [1.82, 2.24) is 0 Å². The molecule has 2 saturated heterocycles. The Kier molecular flexibility index (Phi) is 37.9. The van der Waals surface area contributed by atoms with Crippen molar-refractivity contribution in [3.05, 3.63) is 48.6 Å². The van der Waals surface area contributed by atoms with Crippen LogP contribution < -0.4 is 0 Å². The van der Waals surface area contributed by atoms with Gasteiger partial charge < -0.3 is 64.2 Å². The topological polar surface area (TPSA) is 214 Å². The minimum Gasteiger partial charge on any atom is -0.457 e. The number of hydrogen-bond donors (Lipinski definition) is 7. The minimum absolute atomic E-state index is 0.0503. The van der Waals surface area contributed by atoms with E-state index in [1.165, 1.54) is 83.5 Å². The van der Waals surface area contributed by atoms with Crippen LogP contribution in [0.25, 0.3) is 0 Å². The second kappa shape index (κ2) is 41.6. The summed E-state index contributed by atoms with van der Waals surface area (Å²) in [5, 5.41) is 72.2. The van der Waals surface area contributed by atoms with Crippen LogP contribution in [0.2, 0.25) is 0 Å².